The number of nitrogen functional groups attached to an aromatic ring is 1. The SMILES string of the molecule is CC(=O)c1c(C)nc2c(Br)cc(N)cn12. The third-order valence-corrected chi connectivity index (χ3v) is 2.79. The first-order valence-electron chi connectivity index (χ1n) is 4.45. The quantitative estimate of drug-likeness (QED) is 0.806. The number of imidazole rings is 1. The molecule has 2 rings (SSSR count). The van der Waals surface area contributed by atoms with E-state index in [9.17, 15) is 4.79 Å². The van der Waals surface area contributed by atoms with Gasteiger partial charge < -0.3 is 5.73 Å². The molecular formula is C10H10BrN3O. The molecule has 0 aliphatic rings. The van der Waals surface area contributed by atoms with Crippen LogP contribution in [0, 0.1) is 6.92 Å². The molecule has 0 unspecified atom stereocenters. The molecule has 0 saturated carbocycles. The molecule has 0 bridgehead atoms. The van der Waals surface area contributed by atoms with Crippen molar-refractivity contribution in [2.75, 3.05) is 5.73 Å². The number of carbonyl (C=O) groups is 1. The minimum absolute atomic E-state index is 0.0162. The van der Waals surface area contributed by atoms with Gasteiger partial charge in [0.15, 0.2) is 11.4 Å². The predicted molar refractivity (Wildman–Crippen MR) is 62.0 cm³/mol. The summed E-state index contributed by atoms with van der Waals surface area (Å²) < 4.78 is 2.51. The summed E-state index contributed by atoms with van der Waals surface area (Å²) in [5, 5.41) is 0. The molecule has 0 aliphatic heterocycles. The zero-order chi connectivity index (χ0) is 11.2. The van der Waals surface area contributed by atoms with Gasteiger partial charge in [-0.05, 0) is 28.9 Å². The van der Waals surface area contributed by atoms with Gasteiger partial charge in [-0.15, -0.1) is 0 Å². The number of carbonyl (C=O) groups excluding carboxylic acids is 1. The van der Waals surface area contributed by atoms with Crippen molar-refractivity contribution >= 4 is 33.0 Å². The lowest BCUT2D eigenvalue weighted by Gasteiger charge is -2.01. The zero-order valence-corrected chi connectivity index (χ0v) is 10.00. The second-order valence-corrected chi connectivity index (χ2v) is 4.27. The molecule has 4 nitrogen and oxygen atoms in total. The van der Waals surface area contributed by atoms with Crippen LogP contribution in [-0.4, -0.2) is 15.2 Å². The summed E-state index contributed by atoms with van der Waals surface area (Å²) in [5.74, 6) is -0.0162. The molecule has 78 valence electrons. The van der Waals surface area contributed by atoms with Crippen molar-refractivity contribution in [3.05, 3.63) is 28.1 Å². The number of nitrogens with two attached hydrogens (primary N) is 1. The van der Waals surface area contributed by atoms with Crippen molar-refractivity contribution in [1.29, 1.82) is 0 Å². The predicted octanol–water partition coefficient (Wildman–Crippen LogP) is 2.19. The summed E-state index contributed by atoms with van der Waals surface area (Å²) in [5.41, 5.74) is 8.32. The average Bonchev–Trinajstić information content (AvgIpc) is 2.41. The lowest BCUT2D eigenvalue weighted by atomic mass is 10.2. The smallest absolute Gasteiger partial charge is 0.178 e. The van der Waals surface area contributed by atoms with Crippen molar-refractivity contribution in [2.45, 2.75) is 13.8 Å². The number of pyridine rings is 1. The second kappa shape index (κ2) is 3.34. The van der Waals surface area contributed by atoms with Gasteiger partial charge in [-0.2, -0.15) is 0 Å². The summed E-state index contributed by atoms with van der Waals surface area (Å²) in [7, 11) is 0. The summed E-state index contributed by atoms with van der Waals surface area (Å²) in [4.78, 5) is 15.8. The van der Waals surface area contributed by atoms with Crippen LogP contribution in [-0.2, 0) is 0 Å². The third kappa shape index (κ3) is 1.52. The van der Waals surface area contributed by atoms with Crippen LogP contribution in [0.15, 0.2) is 16.7 Å². The highest BCUT2D eigenvalue weighted by Crippen LogP contribution is 2.23. The number of Topliss-reactive ketones (excluding diaryl/α,β-unsaturated/α-hetero) is 1. The van der Waals surface area contributed by atoms with Crippen molar-refractivity contribution in [3.8, 4) is 0 Å². The molecule has 0 saturated heterocycles. The van der Waals surface area contributed by atoms with Gasteiger partial charge in [-0.1, -0.05) is 0 Å². The first kappa shape index (κ1) is 10.2. The lowest BCUT2D eigenvalue weighted by molar-refractivity contribution is 0.101. The molecule has 0 fully saturated rings. The first-order valence-corrected chi connectivity index (χ1v) is 5.24. The Labute approximate surface area is 95.2 Å². The Morgan fingerprint density at radius 1 is 1.60 bits per heavy atom. The first-order chi connectivity index (χ1) is 7.00. The number of anilines is 1. The molecule has 0 spiro atoms. The number of fused-ring (bicyclic) bond motifs is 1. The van der Waals surface area contributed by atoms with Crippen LogP contribution in [0.2, 0.25) is 0 Å². The zero-order valence-electron chi connectivity index (χ0n) is 8.41. The fourth-order valence-electron chi connectivity index (χ4n) is 1.66. The lowest BCUT2D eigenvalue weighted by Crippen LogP contribution is -2.01. The van der Waals surface area contributed by atoms with E-state index in [0.717, 1.165) is 4.47 Å². The maximum Gasteiger partial charge on any atom is 0.178 e. The van der Waals surface area contributed by atoms with E-state index >= 15 is 0 Å². The standard InChI is InChI=1S/C10H10BrN3O/c1-5-9(6(2)15)14-4-7(12)3-8(11)10(14)13-5/h3-4H,12H2,1-2H3. The number of ketones is 1. The summed E-state index contributed by atoms with van der Waals surface area (Å²) in [6.45, 7) is 3.33. The topological polar surface area (TPSA) is 60.4 Å². The van der Waals surface area contributed by atoms with Crippen molar-refractivity contribution in [1.82, 2.24) is 9.38 Å². The van der Waals surface area contributed by atoms with Crippen molar-refractivity contribution < 1.29 is 4.79 Å². The highest BCUT2D eigenvalue weighted by atomic mass is 79.9. The number of rotatable bonds is 1. The fraction of sp³-hybridized carbons (Fsp3) is 0.200. The highest BCUT2D eigenvalue weighted by Gasteiger charge is 2.14. The molecule has 2 aromatic heterocycles. The molecule has 0 aromatic carbocycles. The van der Waals surface area contributed by atoms with E-state index in [1.54, 1.807) is 16.7 Å². The van der Waals surface area contributed by atoms with Gasteiger partial charge in [0, 0.05) is 18.8 Å². The maximum absolute atomic E-state index is 11.4. The van der Waals surface area contributed by atoms with Gasteiger partial charge in [0.1, 0.15) is 5.69 Å². The molecule has 2 heterocycles. The van der Waals surface area contributed by atoms with Crippen molar-refractivity contribution in [2.24, 2.45) is 0 Å². The van der Waals surface area contributed by atoms with Crippen LogP contribution in [0.25, 0.3) is 5.65 Å². The van der Waals surface area contributed by atoms with Crippen LogP contribution >= 0.6 is 15.9 Å². The van der Waals surface area contributed by atoms with Gasteiger partial charge in [-0.3, -0.25) is 9.20 Å². The third-order valence-electron chi connectivity index (χ3n) is 2.20. The van der Waals surface area contributed by atoms with Crippen LogP contribution in [0.4, 0.5) is 5.69 Å². The largest absolute Gasteiger partial charge is 0.397 e. The fourth-order valence-corrected chi connectivity index (χ4v) is 2.21. The molecule has 5 heteroatoms. The van der Waals surface area contributed by atoms with Gasteiger partial charge in [0.2, 0.25) is 0 Å². The molecule has 15 heavy (non-hydrogen) atoms. The number of halogens is 1. The van der Waals surface area contributed by atoms with E-state index in [-0.39, 0.29) is 5.78 Å². The Kier molecular flexibility index (Phi) is 2.26. The Bertz CT molecular complexity index is 559. The number of nitrogens with zero attached hydrogens (tertiary/aromatic N) is 2. The Morgan fingerprint density at radius 2 is 2.27 bits per heavy atom. The van der Waals surface area contributed by atoms with E-state index in [1.807, 2.05) is 6.92 Å². The average molecular weight is 268 g/mol. The number of aryl methyl sites for hydroxylation is 1. The van der Waals surface area contributed by atoms with Gasteiger partial charge in [0.05, 0.1) is 10.2 Å². The van der Waals surface area contributed by atoms with E-state index in [1.165, 1.54) is 6.92 Å². The molecule has 0 radical (unpaired) electrons. The monoisotopic (exact) mass is 267 g/mol. The second-order valence-electron chi connectivity index (χ2n) is 3.42. The number of hydrogen-bond donors (Lipinski definition) is 1. The van der Waals surface area contributed by atoms with E-state index < -0.39 is 0 Å². The molecule has 2 aromatic rings. The van der Waals surface area contributed by atoms with Crippen LogP contribution in [0.1, 0.15) is 23.1 Å². The van der Waals surface area contributed by atoms with Crippen LogP contribution < -0.4 is 5.73 Å². The Morgan fingerprint density at radius 3 is 2.87 bits per heavy atom. The van der Waals surface area contributed by atoms with Gasteiger partial charge in [0.25, 0.3) is 0 Å². The molecule has 2 N–H and O–H groups in total. The molecule has 0 amide bonds. The minimum Gasteiger partial charge on any atom is -0.397 e. The number of hydrogen-bond acceptors (Lipinski definition) is 3. The normalized spacial score (nSPS) is 10.9. The van der Waals surface area contributed by atoms with Crippen molar-refractivity contribution in [3.63, 3.8) is 0 Å². The van der Waals surface area contributed by atoms with E-state index in [2.05, 4.69) is 20.9 Å². The Hall–Kier alpha value is -1.36. The maximum atomic E-state index is 11.4. The summed E-state index contributed by atoms with van der Waals surface area (Å²) >= 11 is 3.37. The van der Waals surface area contributed by atoms with Crippen LogP contribution in [0.5, 0.6) is 0 Å². The molecule has 0 atom stereocenters. The van der Waals surface area contributed by atoms with E-state index in [0.29, 0.717) is 22.7 Å². The molecular weight excluding hydrogens is 258 g/mol. The van der Waals surface area contributed by atoms with E-state index in [4.69, 9.17) is 5.73 Å². The van der Waals surface area contributed by atoms with Gasteiger partial charge >= 0.3 is 0 Å². The summed E-state index contributed by atoms with van der Waals surface area (Å²) in [6, 6.07) is 1.77. The Balaban J connectivity index is 2.93. The summed E-state index contributed by atoms with van der Waals surface area (Å²) in [6.07, 6.45) is 1.71. The minimum atomic E-state index is -0.0162. The highest BCUT2D eigenvalue weighted by molar-refractivity contribution is 9.10. The number of aromatic nitrogens is 2. The molecule has 0 aliphatic carbocycles. The van der Waals surface area contributed by atoms with Crippen LogP contribution in [0.3, 0.4) is 0 Å². The van der Waals surface area contributed by atoms with Gasteiger partial charge in [-0.25, -0.2) is 4.98 Å².